The second-order valence-electron chi connectivity index (χ2n) is 16.3. The number of halogens is 1. The minimum absolute atomic E-state index is 0.0155. The zero-order valence-corrected chi connectivity index (χ0v) is 35.2. The van der Waals surface area contributed by atoms with Crippen LogP contribution in [0.15, 0.2) is 79.1 Å². The zero-order valence-electron chi connectivity index (χ0n) is 33.5. The first-order valence-electron chi connectivity index (χ1n) is 20.7. The Bertz CT molecular complexity index is 2360. The van der Waals surface area contributed by atoms with Crippen LogP contribution < -0.4 is 14.9 Å². The maximum absolute atomic E-state index is 16.5. The van der Waals surface area contributed by atoms with Gasteiger partial charge in [0.25, 0.3) is 5.91 Å². The van der Waals surface area contributed by atoms with Crippen LogP contribution in [-0.2, 0) is 23.7 Å². The van der Waals surface area contributed by atoms with Crippen LogP contribution in [0.5, 0.6) is 5.75 Å². The number of likely N-dealkylation sites (tertiary alicyclic amines) is 1. The van der Waals surface area contributed by atoms with Gasteiger partial charge in [-0.2, -0.15) is 5.26 Å². The average molecular weight is 855 g/mol. The van der Waals surface area contributed by atoms with Gasteiger partial charge in [0.15, 0.2) is 0 Å². The molecule has 8 rings (SSSR count). The lowest BCUT2D eigenvalue weighted by atomic mass is 9.85. The first kappa shape index (κ1) is 41.6. The molecule has 4 fully saturated rings. The summed E-state index contributed by atoms with van der Waals surface area (Å²) in [6.45, 7) is 3.82. The van der Waals surface area contributed by atoms with Crippen LogP contribution in [0.25, 0.3) is 10.1 Å². The van der Waals surface area contributed by atoms with Crippen LogP contribution in [0.3, 0.4) is 0 Å². The third kappa shape index (κ3) is 7.93. The highest BCUT2D eigenvalue weighted by Crippen LogP contribution is 2.59. The van der Waals surface area contributed by atoms with E-state index in [1.807, 2.05) is 24.0 Å². The zero-order chi connectivity index (χ0) is 42.2. The Morgan fingerprint density at radius 3 is 2.60 bits per heavy atom. The number of aromatic nitrogens is 1. The number of benzene rings is 2. The fraction of sp³-hybridized carbons (Fsp3) is 0.455. The number of nitrogens with one attached hydrogen (secondary N) is 2. The van der Waals surface area contributed by atoms with E-state index in [0.29, 0.717) is 60.0 Å². The van der Waals surface area contributed by atoms with Crippen molar-refractivity contribution in [3.63, 3.8) is 0 Å². The number of thiophene rings is 1. The maximum atomic E-state index is 16.5. The minimum atomic E-state index is -4.46. The van der Waals surface area contributed by atoms with Gasteiger partial charge >= 0.3 is 13.5 Å². The Hall–Kier alpha value is -5.16. The fourth-order valence-corrected chi connectivity index (χ4v) is 12.1. The van der Waals surface area contributed by atoms with Gasteiger partial charge in [-0.05, 0) is 111 Å². The second-order valence-corrected chi connectivity index (χ2v) is 19.4. The number of pyridine rings is 1. The number of amides is 3. The number of carbonyl (C=O) groups is 4. The summed E-state index contributed by atoms with van der Waals surface area (Å²) in [5, 5.41) is 16.3. The minimum Gasteiger partial charge on any atom is -0.465 e. The van der Waals surface area contributed by atoms with Crippen molar-refractivity contribution in [1.82, 2.24) is 25.2 Å². The molecule has 1 unspecified atom stereocenters. The van der Waals surface area contributed by atoms with Crippen LogP contribution >= 0.6 is 18.9 Å². The topological polar surface area (TPSA) is 171 Å². The Morgan fingerprint density at radius 2 is 1.88 bits per heavy atom. The highest BCUT2D eigenvalue weighted by Gasteiger charge is 2.64. The van der Waals surface area contributed by atoms with Crippen molar-refractivity contribution in [3.8, 4) is 11.8 Å². The van der Waals surface area contributed by atoms with E-state index in [9.17, 15) is 29.0 Å². The SMILES string of the molecule is CCCOC(=O)[C@H](C)NP(=O)(Oc1ccccc1)[C@H](F)c1ccc2sc(C(=O)N[C@H]3CCC[C@H]4CC[C@@H](C(=O)N5C[C@@H](c6cccnc6)[C@H](C#N)C56CC6)N4C3=O)cc2c1. The summed E-state index contributed by atoms with van der Waals surface area (Å²) >= 11 is 1.17. The summed E-state index contributed by atoms with van der Waals surface area (Å²) in [4.78, 5) is 63.5. The number of nitrogens with zero attached hydrogens (tertiary/aromatic N) is 4. The van der Waals surface area contributed by atoms with Crippen LogP contribution in [0.1, 0.15) is 97.8 Å². The molecule has 8 atom stereocenters. The predicted molar refractivity (Wildman–Crippen MR) is 223 cm³/mol. The number of nitriles is 1. The number of hydrogen-bond donors (Lipinski definition) is 2. The van der Waals surface area contributed by atoms with E-state index in [1.54, 1.807) is 47.6 Å². The van der Waals surface area contributed by atoms with Crippen molar-refractivity contribution in [2.75, 3.05) is 13.2 Å². The number of carbonyl (C=O) groups excluding carboxylic acids is 4. The van der Waals surface area contributed by atoms with Gasteiger partial charge in [-0.1, -0.05) is 37.3 Å². The lowest BCUT2D eigenvalue weighted by molar-refractivity contribution is -0.147. The van der Waals surface area contributed by atoms with E-state index in [4.69, 9.17) is 9.26 Å². The van der Waals surface area contributed by atoms with Crippen LogP contribution in [0.2, 0.25) is 0 Å². The lowest BCUT2D eigenvalue weighted by Gasteiger charge is -2.35. The number of esters is 1. The monoisotopic (exact) mass is 854 g/mol. The molecule has 3 amide bonds. The summed E-state index contributed by atoms with van der Waals surface area (Å²) in [5.41, 5.74) is 0.400. The molecule has 1 saturated carbocycles. The first-order valence-corrected chi connectivity index (χ1v) is 23.2. The maximum Gasteiger partial charge on any atom is 0.355 e. The molecule has 5 heterocycles. The van der Waals surface area contributed by atoms with Crippen molar-refractivity contribution < 1.29 is 37.4 Å². The van der Waals surface area contributed by atoms with Gasteiger partial charge in [-0.25, -0.2) is 9.48 Å². The highest BCUT2D eigenvalue weighted by atomic mass is 32.1. The van der Waals surface area contributed by atoms with E-state index in [0.717, 1.165) is 18.4 Å². The summed E-state index contributed by atoms with van der Waals surface area (Å²) in [6.07, 6.45) is 8.54. The summed E-state index contributed by atoms with van der Waals surface area (Å²) in [7, 11) is -4.46. The molecule has 2 aromatic heterocycles. The molecule has 16 heteroatoms. The van der Waals surface area contributed by atoms with Crippen molar-refractivity contribution in [2.45, 2.75) is 107 Å². The smallest absolute Gasteiger partial charge is 0.355 e. The molecule has 13 nitrogen and oxygen atoms in total. The molecule has 60 heavy (non-hydrogen) atoms. The molecular formula is C44H48FN6O7PS. The van der Waals surface area contributed by atoms with E-state index in [-0.39, 0.29) is 47.6 Å². The van der Waals surface area contributed by atoms with Crippen LogP contribution in [0, 0.1) is 17.2 Å². The molecule has 1 aliphatic carbocycles. The second kappa shape index (κ2) is 17.1. The van der Waals surface area contributed by atoms with Gasteiger partial charge in [0.2, 0.25) is 17.7 Å². The molecule has 1 spiro atoms. The average Bonchev–Trinajstić information content (AvgIpc) is 3.62. The van der Waals surface area contributed by atoms with Crippen molar-refractivity contribution in [3.05, 3.63) is 95.1 Å². The normalized spacial score (nSPS) is 25.1. The van der Waals surface area contributed by atoms with Gasteiger partial charge in [-0.15, -0.1) is 11.3 Å². The molecular weight excluding hydrogens is 807 g/mol. The molecule has 3 saturated heterocycles. The predicted octanol–water partition coefficient (Wildman–Crippen LogP) is 7.41. The molecule has 2 N–H and O–H groups in total. The number of ether oxygens (including phenoxy) is 1. The number of para-hydroxylation sites is 1. The Labute approximate surface area is 352 Å². The summed E-state index contributed by atoms with van der Waals surface area (Å²) in [5.74, 6) is -4.16. The molecule has 3 aliphatic heterocycles. The van der Waals surface area contributed by atoms with E-state index >= 15 is 4.39 Å². The van der Waals surface area contributed by atoms with Gasteiger partial charge in [0.1, 0.15) is 23.9 Å². The molecule has 2 aromatic carbocycles. The number of alkyl halides is 1. The van der Waals surface area contributed by atoms with Gasteiger partial charge in [0.05, 0.1) is 29.0 Å². The summed E-state index contributed by atoms with van der Waals surface area (Å²) in [6, 6.07) is 17.8. The summed E-state index contributed by atoms with van der Waals surface area (Å²) < 4.78 is 42.5. The third-order valence-corrected chi connectivity index (χ3v) is 15.6. The Kier molecular flexibility index (Phi) is 11.8. The van der Waals surface area contributed by atoms with Crippen molar-refractivity contribution >= 4 is 52.6 Å². The molecule has 4 aliphatic rings. The number of rotatable bonds is 13. The quantitative estimate of drug-likeness (QED) is 0.102. The van der Waals surface area contributed by atoms with Crippen LogP contribution in [-0.4, -0.2) is 81.3 Å². The Balaban J connectivity index is 0.980. The van der Waals surface area contributed by atoms with Gasteiger partial charge in [0, 0.05) is 35.6 Å². The number of hydrogen-bond acceptors (Lipinski definition) is 10. The lowest BCUT2D eigenvalue weighted by Crippen LogP contribution is -2.56. The van der Waals surface area contributed by atoms with Gasteiger partial charge < -0.3 is 24.4 Å². The van der Waals surface area contributed by atoms with Crippen LogP contribution in [0.4, 0.5) is 4.39 Å². The molecule has 0 bridgehead atoms. The highest BCUT2D eigenvalue weighted by molar-refractivity contribution is 7.57. The van der Waals surface area contributed by atoms with E-state index in [2.05, 4.69) is 21.5 Å². The molecule has 4 aromatic rings. The molecule has 0 radical (unpaired) electrons. The van der Waals surface area contributed by atoms with E-state index < -0.39 is 49.0 Å². The standard InChI is InChI=1S/C44H48FN6O7PS/c1-3-21-57-43(55)27(2)49-59(56,58-32-11-5-4-6-12-32)39(45)28-14-17-37-30(22-28)23-38(60-37)40(52)48-35-13-7-10-31-15-16-36(51(31)41(35)53)42(54)50-26-33(29-9-8-20-47-25-29)34(24-46)44(50)18-19-44/h4-6,8-9,11-12,14,17,20,22-23,25,27,31,33-36,39H,3,7,10,13,15-16,18-19,21,26H2,1-2H3,(H,48,52)(H,49,56)/t27-,31-,33-,34-,35-,36-,39-,59?/m0/s1. The fourth-order valence-electron chi connectivity index (χ4n) is 9.24. The third-order valence-electron chi connectivity index (χ3n) is 12.4. The largest absolute Gasteiger partial charge is 0.465 e. The van der Waals surface area contributed by atoms with Crippen molar-refractivity contribution in [2.24, 2.45) is 5.92 Å². The van der Waals surface area contributed by atoms with Gasteiger partial charge in [-0.3, -0.25) is 28.7 Å². The number of fused-ring (bicyclic) bond motifs is 2. The van der Waals surface area contributed by atoms with Crippen molar-refractivity contribution in [1.29, 1.82) is 5.26 Å². The first-order chi connectivity index (χ1) is 29.0. The van der Waals surface area contributed by atoms with E-state index in [1.165, 1.54) is 42.5 Å². The molecule has 314 valence electrons. The Morgan fingerprint density at radius 1 is 1.08 bits per heavy atom.